The Bertz CT molecular complexity index is 1080. The molecule has 3 aromatic rings. The van der Waals surface area contributed by atoms with Crippen molar-refractivity contribution in [1.29, 1.82) is 0 Å². The number of esters is 1. The van der Waals surface area contributed by atoms with Gasteiger partial charge in [-0.3, -0.25) is 4.90 Å². The summed E-state index contributed by atoms with van der Waals surface area (Å²) in [6, 6.07) is 22.8. The summed E-state index contributed by atoms with van der Waals surface area (Å²) in [5.74, 6) is 1.22. The van der Waals surface area contributed by atoms with Gasteiger partial charge in [0.25, 0.3) is 0 Å². The van der Waals surface area contributed by atoms with Crippen molar-refractivity contribution < 1.29 is 24.1 Å². The predicted molar refractivity (Wildman–Crippen MR) is 125 cm³/mol. The second-order valence-electron chi connectivity index (χ2n) is 8.45. The first-order valence-electron chi connectivity index (χ1n) is 11.0. The number of para-hydroxylation sites is 1. The molecule has 3 aromatic carbocycles. The van der Waals surface area contributed by atoms with Crippen LogP contribution in [0.5, 0.6) is 11.5 Å². The molecule has 6 nitrogen and oxygen atoms in total. The van der Waals surface area contributed by atoms with E-state index in [1.165, 1.54) is 7.11 Å². The van der Waals surface area contributed by atoms with Crippen LogP contribution in [-0.4, -0.2) is 42.8 Å². The number of methoxy groups -OCH3 is 1. The Kier molecular flexibility index (Phi) is 6.96. The molecule has 0 fully saturated rings. The molecule has 1 N–H and O–H groups in total. The fourth-order valence-corrected chi connectivity index (χ4v) is 3.86. The lowest BCUT2D eigenvalue weighted by Gasteiger charge is -2.25. The number of nitrogens with zero attached hydrogens (tertiary/aromatic N) is 1. The van der Waals surface area contributed by atoms with Crippen LogP contribution in [0.25, 0.3) is 0 Å². The normalized spacial score (nSPS) is 15.5. The first-order chi connectivity index (χ1) is 15.9. The summed E-state index contributed by atoms with van der Waals surface area (Å²) in [5.41, 5.74) is 2.30. The minimum absolute atomic E-state index is 0.146. The fourth-order valence-electron chi connectivity index (χ4n) is 3.86. The standard InChI is InChI=1S/C27H29NO5/c1-27(30,19-33-24-6-4-3-5-7-24)23-12-13-25-22(16-23)18-28(14-15-32-25)17-20-8-10-21(11-9-20)26(29)31-2/h3-13,16,30H,14-15,17-19H2,1-2H3. The molecule has 1 atom stereocenters. The highest BCUT2D eigenvalue weighted by atomic mass is 16.5. The van der Waals surface area contributed by atoms with E-state index in [0.29, 0.717) is 18.7 Å². The fraction of sp³-hybridized carbons (Fsp3) is 0.296. The molecular weight excluding hydrogens is 418 g/mol. The molecule has 1 aliphatic rings. The highest BCUT2D eigenvalue weighted by molar-refractivity contribution is 5.89. The van der Waals surface area contributed by atoms with Crippen molar-refractivity contribution in [3.8, 4) is 11.5 Å². The molecule has 1 aliphatic heterocycles. The van der Waals surface area contributed by atoms with Crippen LogP contribution in [0.3, 0.4) is 0 Å². The van der Waals surface area contributed by atoms with Gasteiger partial charge in [0.05, 0.1) is 12.7 Å². The van der Waals surface area contributed by atoms with E-state index < -0.39 is 5.60 Å². The van der Waals surface area contributed by atoms with Crippen LogP contribution in [0, 0.1) is 0 Å². The Morgan fingerprint density at radius 3 is 2.58 bits per heavy atom. The van der Waals surface area contributed by atoms with E-state index in [1.807, 2.05) is 60.7 Å². The number of fused-ring (bicyclic) bond motifs is 1. The smallest absolute Gasteiger partial charge is 0.337 e. The quantitative estimate of drug-likeness (QED) is 0.549. The second-order valence-corrected chi connectivity index (χ2v) is 8.45. The third-order valence-corrected chi connectivity index (χ3v) is 5.79. The van der Waals surface area contributed by atoms with Gasteiger partial charge in [-0.2, -0.15) is 0 Å². The molecule has 0 bridgehead atoms. The average Bonchev–Trinajstić information content (AvgIpc) is 3.04. The number of carbonyl (C=O) groups is 1. The topological polar surface area (TPSA) is 68.2 Å². The number of rotatable bonds is 7. The molecule has 0 aliphatic carbocycles. The highest BCUT2D eigenvalue weighted by Crippen LogP contribution is 2.30. The maximum Gasteiger partial charge on any atom is 0.337 e. The van der Waals surface area contributed by atoms with E-state index in [-0.39, 0.29) is 12.6 Å². The Balaban J connectivity index is 1.46. The Labute approximate surface area is 194 Å². The summed E-state index contributed by atoms with van der Waals surface area (Å²) in [7, 11) is 1.38. The monoisotopic (exact) mass is 447 g/mol. The molecule has 1 unspecified atom stereocenters. The van der Waals surface area contributed by atoms with E-state index in [1.54, 1.807) is 19.1 Å². The molecule has 33 heavy (non-hydrogen) atoms. The Morgan fingerprint density at radius 2 is 1.85 bits per heavy atom. The lowest BCUT2D eigenvalue weighted by atomic mass is 9.94. The SMILES string of the molecule is COC(=O)c1ccc(CN2CCOc3ccc(C(C)(O)COc4ccccc4)cc3C2)cc1. The molecule has 0 radical (unpaired) electrons. The molecule has 1 heterocycles. The zero-order chi connectivity index (χ0) is 23.3. The number of carbonyl (C=O) groups excluding carboxylic acids is 1. The van der Waals surface area contributed by atoms with Crippen LogP contribution in [0.1, 0.15) is 34.0 Å². The van der Waals surface area contributed by atoms with Gasteiger partial charge in [-0.05, 0) is 54.4 Å². The van der Waals surface area contributed by atoms with Crippen molar-refractivity contribution in [3.63, 3.8) is 0 Å². The van der Waals surface area contributed by atoms with Gasteiger partial charge >= 0.3 is 5.97 Å². The van der Waals surface area contributed by atoms with E-state index in [0.717, 1.165) is 41.3 Å². The van der Waals surface area contributed by atoms with Crippen molar-refractivity contribution >= 4 is 5.97 Å². The predicted octanol–water partition coefficient (Wildman–Crippen LogP) is 4.15. The van der Waals surface area contributed by atoms with Gasteiger partial charge in [0.2, 0.25) is 0 Å². The van der Waals surface area contributed by atoms with Crippen molar-refractivity contribution in [1.82, 2.24) is 4.90 Å². The largest absolute Gasteiger partial charge is 0.492 e. The first kappa shape index (κ1) is 22.8. The molecule has 0 saturated carbocycles. The average molecular weight is 448 g/mol. The molecular formula is C27H29NO5. The van der Waals surface area contributed by atoms with Crippen molar-refractivity contribution in [2.45, 2.75) is 25.6 Å². The summed E-state index contributed by atoms with van der Waals surface area (Å²) >= 11 is 0. The number of aliphatic hydroxyl groups is 1. The van der Waals surface area contributed by atoms with E-state index >= 15 is 0 Å². The van der Waals surface area contributed by atoms with Gasteiger partial charge in [0.15, 0.2) is 0 Å². The molecule has 4 rings (SSSR count). The number of hydrogen-bond donors (Lipinski definition) is 1. The molecule has 0 aromatic heterocycles. The van der Waals surface area contributed by atoms with Crippen LogP contribution in [0.4, 0.5) is 0 Å². The van der Waals surface area contributed by atoms with Crippen LogP contribution < -0.4 is 9.47 Å². The second kappa shape index (κ2) is 10.1. The minimum Gasteiger partial charge on any atom is -0.492 e. The minimum atomic E-state index is -1.15. The molecule has 0 spiro atoms. The van der Waals surface area contributed by atoms with Crippen LogP contribution >= 0.6 is 0 Å². The third kappa shape index (κ3) is 5.72. The lowest BCUT2D eigenvalue weighted by molar-refractivity contribution is 0.00748. The maximum absolute atomic E-state index is 11.7. The van der Waals surface area contributed by atoms with E-state index in [2.05, 4.69) is 4.90 Å². The van der Waals surface area contributed by atoms with Crippen LogP contribution in [0.2, 0.25) is 0 Å². The first-order valence-corrected chi connectivity index (χ1v) is 11.0. The van der Waals surface area contributed by atoms with Crippen molar-refractivity contribution in [3.05, 3.63) is 95.1 Å². The summed E-state index contributed by atoms with van der Waals surface area (Å²) < 4.78 is 16.5. The third-order valence-electron chi connectivity index (χ3n) is 5.79. The number of benzene rings is 3. The van der Waals surface area contributed by atoms with Crippen molar-refractivity contribution in [2.75, 3.05) is 26.9 Å². The zero-order valence-corrected chi connectivity index (χ0v) is 19.0. The highest BCUT2D eigenvalue weighted by Gasteiger charge is 2.26. The van der Waals surface area contributed by atoms with Gasteiger partial charge < -0.3 is 19.3 Å². The van der Waals surface area contributed by atoms with Gasteiger partial charge in [-0.25, -0.2) is 4.79 Å². The van der Waals surface area contributed by atoms with E-state index in [9.17, 15) is 9.90 Å². The number of hydrogen-bond acceptors (Lipinski definition) is 6. The lowest BCUT2D eigenvalue weighted by Crippen LogP contribution is -2.30. The molecule has 0 amide bonds. The Hall–Kier alpha value is -3.35. The van der Waals surface area contributed by atoms with Gasteiger partial charge in [-0.15, -0.1) is 0 Å². The summed E-state index contributed by atoms with van der Waals surface area (Å²) in [4.78, 5) is 13.9. The summed E-state index contributed by atoms with van der Waals surface area (Å²) in [6.07, 6.45) is 0. The summed E-state index contributed by atoms with van der Waals surface area (Å²) in [6.45, 7) is 4.68. The van der Waals surface area contributed by atoms with Gasteiger partial charge in [-0.1, -0.05) is 36.4 Å². The molecule has 0 saturated heterocycles. The zero-order valence-electron chi connectivity index (χ0n) is 19.0. The number of ether oxygens (including phenoxy) is 3. The maximum atomic E-state index is 11.7. The van der Waals surface area contributed by atoms with Crippen LogP contribution in [0.15, 0.2) is 72.8 Å². The van der Waals surface area contributed by atoms with Gasteiger partial charge in [0, 0.05) is 25.2 Å². The molecule has 172 valence electrons. The molecule has 6 heteroatoms. The van der Waals surface area contributed by atoms with E-state index in [4.69, 9.17) is 14.2 Å². The Morgan fingerprint density at radius 1 is 1.09 bits per heavy atom. The van der Waals surface area contributed by atoms with Gasteiger partial charge in [0.1, 0.15) is 30.3 Å². The summed E-state index contributed by atoms with van der Waals surface area (Å²) in [5, 5.41) is 11.1. The van der Waals surface area contributed by atoms with Crippen molar-refractivity contribution in [2.24, 2.45) is 0 Å². The van der Waals surface area contributed by atoms with Crippen LogP contribution in [-0.2, 0) is 23.4 Å².